The van der Waals surface area contributed by atoms with E-state index in [-0.39, 0.29) is 15.5 Å². The van der Waals surface area contributed by atoms with Crippen LogP contribution in [0.1, 0.15) is 26.3 Å². The van der Waals surface area contributed by atoms with Crippen molar-refractivity contribution in [2.45, 2.75) is 38.1 Å². The van der Waals surface area contributed by atoms with E-state index in [1.165, 1.54) is 34.8 Å². The lowest BCUT2D eigenvalue weighted by Crippen LogP contribution is -2.44. The smallest absolute Gasteiger partial charge is 0.404 e. The minimum Gasteiger partial charge on any atom is -0.478 e. The molecule has 208 valence electrons. The normalized spacial score (nSPS) is 12.3. The summed E-state index contributed by atoms with van der Waals surface area (Å²) in [5, 5.41) is 27.7. The van der Waals surface area contributed by atoms with Gasteiger partial charge in [-0.15, -0.1) is 0 Å². The first kappa shape index (κ1) is 31.0. The maximum Gasteiger partial charge on any atom is 0.404 e. The van der Waals surface area contributed by atoms with Crippen LogP contribution in [0.3, 0.4) is 0 Å². The molecule has 0 spiro atoms. The molecule has 39 heavy (non-hydrogen) atoms. The van der Waals surface area contributed by atoms with Crippen LogP contribution in [0.2, 0.25) is 5.15 Å². The lowest BCUT2D eigenvalue weighted by Gasteiger charge is -2.30. The van der Waals surface area contributed by atoms with Gasteiger partial charge < -0.3 is 20.6 Å². The van der Waals surface area contributed by atoms with Crippen molar-refractivity contribution in [3.63, 3.8) is 0 Å². The number of nitrogens with zero attached hydrogens (tertiary/aromatic N) is 3. The second kappa shape index (κ2) is 13.0. The van der Waals surface area contributed by atoms with Crippen molar-refractivity contribution in [3.05, 3.63) is 78.0 Å². The van der Waals surface area contributed by atoms with Crippen molar-refractivity contribution in [2.75, 3.05) is 0 Å². The topological polar surface area (TPSA) is 189 Å². The lowest BCUT2D eigenvalue weighted by molar-refractivity contribution is -0.134. The highest BCUT2D eigenvalue weighted by Gasteiger charge is 2.29. The molecule has 3 heterocycles. The molecule has 1 amide bonds. The summed E-state index contributed by atoms with van der Waals surface area (Å²) < 4.78 is 27.8. The molecule has 0 saturated carbocycles. The van der Waals surface area contributed by atoms with Crippen molar-refractivity contribution in [1.29, 1.82) is 0 Å². The quantitative estimate of drug-likeness (QED) is 0.226. The third kappa shape index (κ3) is 9.23. The van der Waals surface area contributed by atoms with Gasteiger partial charge in [-0.25, -0.2) is 31.8 Å². The zero-order valence-corrected chi connectivity index (χ0v) is 22.7. The molecule has 4 N–H and O–H groups in total. The Morgan fingerprint density at radius 3 is 2.18 bits per heavy atom. The monoisotopic (exact) mass is 578 g/mol. The molecule has 3 aromatic heterocycles. The molecule has 0 bridgehead atoms. The molecule has 0 radical (unpaired) electrons. The minimum atomic E-state index is -3.94. The Balaban J connectivity index is 0.000000580. The third-order valence-corrected chi connectivity index (χ3v) is 7.09. The number of halogens is 1. The molecule has 0 aliphatic rings. The van der Waals surface area contributed by atoms with Crippen molar-refractivity contribution in [3.8, 4) is 11.3 Å². The summed E-state index contributed by atoms with van der Waals surface area (Å²) in [7, 11) is -3.94. The molecule has 14 heteroatoms. The van der Waals surface area contributed by atoms with E-state index in [1.807, 2.05) is 20.8 Å². The highest BCUT2D eigenvalue weighted by molar-refractivity contribution is 7.90. The zero-order valence-electron chi connectivity index (χ0n) is 21.1. The summed E-state index contributed by atoms with van der Waals surface area (Å²) in [6.07, 6.45) is 6.06. The van der Waals surface area contributed by atoms with Gasteiger partial charge in [-0.1, -0.05) is 32.4 Å². The highest BCUT2D eigenvalue weighted by Crippen LogP contribution is 2.30. The van der Waals surface area contributed by atoms with Crippen LogP contribution < -0.4 is 5.32 Å². The first-order valence-corrected chi connectivity index (χ1v) is 13.0. The first-order chi connectivity index (χ1) is 18.1. The number of rotatable bonds is 8. The van der Waals surface area contributed by atoms with Crippen LogP contribution in [0, 0.1) is 5.41 Å². The van der Waals surface area contributed by atoms with Crippen LogP contribution >= 0.6 is 11.6 Å². The van der Waals surface area contributed by atoms with Gasteiger partial charge in [-0.05, 0) is 47.7 Å². The average Bonchev–Trinajstić information content (AvgIpc) is 3.28. The van der Waals surface area contributed by atoms with E-state index in [1.54, 1.807) is 24.3 Å². The summed E-state index contributed by atoms with van der Waals surface area (Å²) in [6.45, 7) is 5.75. The van der Waals surface area contributed by atoms with Gasteiger partial charge >= 0.3 is 18.0 Å². The van der Waals surface area contributed by atoms with Gasteiger partial charge in [0.25, 0.3) is 10.0 Å². The number of hydrogen-bond donors (Lipinski definition) is 4. The van der Waals surface area contributed by atoms with E-state index < -0.39 is 34.1 Å². The Hall–Kier alpha value is -4.23. The Morgan fingerprint density at radius 1 is 1.08 bits per heavy atom. The minimum absolute atomic E-state index is 0.0383. The molecule has 1 unspecified atom stereocenters. The van der Waals surface area contributed by atoms with Gasteiger partial charge in [0.1, 0.15) is 10.0 Å². The van der Waals surface area contributed by atoms with Crippen LogP contribution in [0.15, 0.2) is 72.2 Å². The Bertz CT molecular complexity index is 1430. The number of amides is 1. The van der Waals surface area contributed by atoms with Crippen molar-refractivity contribution >= 4 is 39.7 Å². The Kier molecular flexibility index (Phi) is 10.3. The van der Waals surface area contributed by atoms with Crippen LogP contribution in [-0.2, 0) is 26.0 Å². The van der Waals surface area contributed by atoms with E-state index >= 15 is 0 Å². The maximum absolute atomic E-state index is 13.3. The van der Waals surface area contributed by atoms with E-state index in [0.29, 0.717) is 35.4 Å². The SMILES string of the molecule is CC(C)(C)C(Cc1cc(-c2ccc(Cl)nc2)n(S(=O)(=O)c2cccnc2)c1)NC(=O)O.O=C(O)C=CC(=O)O. The zero-order chi connectivity index (χ0) is 29.4. The average molecular weight is 579 g/mol. The van der Waals surface area contributed by atoms with Crippen molar-refractivity contribution in [1.82, 2.24) is 19.3 Å². The number of hydrogen-bond acceptors (Lipinski definition) is 7. The second-order valence-corrected chi connectivity index (χ2v) is 11.4. The third-order valence-electron chi connectivity index (χ3n) is 5.21. The molecule has 12 nitrogen and oxygen atoms in total. The molecular weight excluding hydrogens is 552 g/mol. The molecular formula is C25H27ClN4O8S. The van der Waals surface area contributed by atoms with Crippen LogP contribution in [0.4, 0.5) is 4.79 Å². The predicted octanol–water partition coefficient (Wildman–Crippen LogP) is 3.77. The summed E-state index contributed by atoms with van der Waals surface area (Å²) in [5.41, 5.74) is 1.23. The van der Waals surface area contributed by atoms with E-state index in [9.17, 15) is 27.9 Å². The number of carbonyl (C=O) groups is 3. The summed E-state index contributed by atoms with van der Waals surface area (Å²) >= 11 is 5.89. The maximum atomic E-state index is 13.3. The fourth-order valence-corrected chi connectivity index (χ4v) is 4.73. The molecule has 0 aliphatic carbocycles. The number of carboxylic acid groups (broad SMARTS) is 3. The first-order valence-electron chi connectivity index (χ1n) is 11.2. The molecule has 0 aliphatic heterocycles. The number of aliphatic carboxylic acids is 2. The van der Waals surface area contributed by atoms with Crippen LogP contribution in [0.25, 0.3) is 11.3 Å². The highest BCUT2D eigenvalue weighted by atomic mass is 35.5. The van der Waals surface area contributed by atoms with E-state index in [4.69, 9.17) is 21.8 Å². The molecule has 0 saturated heterocycles. The van der Waals surface area contributed by atoms with Gasteiger partial charge in [-0.3, -0.25) is 4.98 Å². The van der Waals surface area contributed by atoms with Crippen molar-refractivity contribution < 1.29 is 38.1 Å². The molecule has 1 atom stereocenters. The fourth-order valence-electron chi connectivity index (χ4n) is 3.26. The van der Waals surface area contributed by atoms with E-state index in [0.717, 1.165) is 0 Å². The predicted molar refractivity (Wildman–Crippen MR) is 142 cm³/mol. The summed E-state index contributed by atoms with van der Waals surface area (Å²) in [4.78, 5) is 38.4. The van der Waals surface area contributed by atoms with Gasteiger partial charge in [0.05, 0.1) is 5.69 Å². The van der Waals surface area contributed by atoms with Crippen LogP contribution in [-0.4, -0.2) is 61.8 Å². The summed E-state index contributed by atoms with van der Waals surface area (Å²) in [6, 6.07) is 7.57. The number of aromatic nitrogens is 3. The van der Waals surface area contributed by atoms with Gasteiger partial charge in [0.2, 0.25) is 0 Å². The van der Waals surface area contributed by atoms with E-state index in [2.05, 4.69) is 15.3 Å². The second-order valence-electron chi connectivity index (χ2n) is 9.17. The number of pyridine rings is 2. The van der Waals surface area contributed by atoms with Crippen LogP contribution in [0.5, 0.6) is 0 Å². The molecule has 0 fully saturated rings. The van der Waals surface area contributed by atoms with Gasteiger partial charge in [0.15, 0.2) is 0 Å². The largest absolute Gasteiger partial charge is 0.478 e. The van der Waals surface area contributed by atoms with Gasteiger partial charge in [-0.2, -0.15) is 0 Å². The number of carboxylic acids is 2. The molecule has 0 aromatic carbocycles. The molecule has 3 aromatic rings. The summed E-state index contributed by atoms with van der Waals surface area (Å²) in [5.74, 6) is -2.51. The van der Waals surface area contributed by atoms with Crippen molar-refractivity contribution in [2.24, 2.45) is 5.41 Å². The molecule has 3 rings (SSSR count). The van der Waals surface area contributed by atoms with Gasteiger partial charge in [0, 0.05) is 48.5 Å². The Morgan fingerprint density at radius 2 is 1.72 bits per heavy atom. The fraction of sp³-hybridized carbons (Fsp3) is 0.240. The Labute approximate surface area is 229 Å². The lowest BCUT2D eigenvalue weighted by atomic mass is 9.83. The number of nitrogens with one attached hydrogen (secondary N) is 1. The standard InChI is InChI=1S/C21H23ClN4O4S.C4H4O4/c1-21(2,3)18(25-20(27)28)10-14-9-17(15-6-7-19(22)24-11-15)26(13-14)31(29,30)16-5-4-8-23-12-16;5-3(6)1-2-4(7)8/h4-9,11-13,18,25H,10H2,1-3H3,(H,27,28);1-2H,(H,5,6)(H,7,8).